The predicted octanol–water partition coefficient (Wildman–Crippen LogP) is 5.12. The summed E-state index contributed by atoms with van der Waals surface area (Å²) < 4.78 is 5.85. The Hall–Kier alpha value is -2.92. The average molecular weight is 334 g/mol. The van der Waals surface area contributed by atoms with Crippen molar-refractivity contribution in [3.63, 3.8) is 0 Å². The van der Waals surface area contributed by atoms with Gasteiger partial charge in [0, 0.05) is 17.3 Å². The van der Waals surface area contributed by atoms with Crippen molar-refractivity contribution < 1.29 is 9.21 Å². The molecule has 118 valence electrons. The molecule has 0 radical (unpaired) electrons. The maximum Gasteiger partial charge on any atom is 0.265 e. The Labute approximate surface area is 142 Å². The van der Waals surface area contributed by atoms with E-state index >= 15 is 0 Å². The van der Waals surface area contributed by atoms with Crippen molar-refractivity contribution in [2.45, 2.75) is 6.92 Å². The molecule has 1 N–H and O–H groups in total. The van der Waals surface area contributed by atoms with Crippen LogP contribution in [0.4, 0.5) is 5.69 Å². The second-order valence-electron chi connectivity index (χ2n) is 5.50. The molecule has 0 unspecified atom stereocenters. The number of carbonyl (C=O) groups excluding carboxylic acids is 1. The number of nitrogens with one attached hydrogen (secondary N) is 1. The SMILES string of the molecule is Cc1ccc(-c2nc3ccc(NC(=O)c4cccs4)cc3o2)cc1. The van der Waals surface area contributed by atoms with Crippen molar-refractivity contribution in [3.05, 3.63) is 70.4 Å². The van der Waals surface area contributed by atoms with Gasteiger partial charge in [-0.15, -0.1) is 11.3 Å². The normalized spacial score (nSPS) is 10.9. The quantitative estimate of drug-likeness (QED) is 0.566. The standard InChI is InChI=1S/C19H14N2O2S/c1-12-4-6-13(7-5-12)19-21-15-9-8-14(11-16(15)23-19)20-18(22)17-3-2-10-24-17/h2-11H,1H3,(H,20,22). The minimum Gasteiger partial charge on any atom is -0.436 e. The maximum absolute atomic E-state index is 12.1. The highest BCUT2D eigenvalue weighted by Crippen LogP contribution is 2.26. The third kappa shape index (κ3) is 2.81. The van der Waals surface area contributed by atoms with Gasteiger partial charge in [-0.2, -0.15) is 0 Å². The van der Waals surface area contributed by atoms with Crippen LogP contribution in [0.25, 0.3) is 22.6 Å². The van der Waals surface area contributed by atoms with Gasteiger partial charge in [0.05, 0.1) is 4.88 Å². The van der Waals surface area contributed by atoms with E-state index in [2.05, 4.69) is 10.3 Å². The number of thiophene rings is 1. The van der Waals surface area contributed by atoms with Crippen LogP contribution in [0, 0.1) is 6.92 Å². The molecule has 0 saturated carbocycles. The molecule has 0 bridgehead atoms. The van der Waals surface area contributed by atoms with Gasteiger partial charge in [-0.05, 0) is 42.6 Å². The van der Waals surface area contributed by atoms with Gasteiger partial charge >= 0.3 is 0 Å². The highest BCUT2D eigenvalue weighted by molar-refractivity contribution is 7.12. The van der Waals surface area contributed by atoms with Gasteiger partial charge in [0.15, 0.2) is 5.58 Å². The lowest BCUT2D eigenvalue weighted by molar-refractivity contribution is 0.103. The summed E-state index contributed by atoms with van der Waals surface area (Å²) in [4.78, 5) is 17.3. The summed E-state index contributed by atoms with van der Waals surface area (Å²) in [6, 6.07) is 17.1. The number of hydrogen-bond acceptors (Lipinski definition) is 4. The van der Waals surface area contributed by atoms with E-state index in [1.165, 1.54) is 16.9 Å². The van der Waals surface area contributed by atoms with Crippen LogP contribution in [0.2, 0.25) is 0 Å². The van der Waals surface area contributed by atoms with E-state index in [0.717, 1.165) is 11.1 Å². The molecule has 0 aliphatic rings. The van der Waals surface area contributed by atoms with E-state index in [9.17, 15) is 4.79 Å². The molecule has 2 heterocycles. The molecule has 0 spiro atoms. The molecule has 0 aliphatic heterocycles. The summed E-state index contributed by atoms with van der Waals surface area (Å²) >= 11 is 1.41. The topological polar surface area (TPSA) is 55.1 Å². The number of amides is 1. The zero-order valence-electron chi connectivity index (χ0n) is 12.9. The average Bonchev–Trinajstić information content (AvgIpc) is 3.24. The number of aromatic nitrogens is 1. The molecule has 0 aliphatic carbocycles. The summed E-state index contributed by atoms with van der Waals surface area (Å²) in [5.74, 6) is 0.453. The first-order valence-electron chi connectivity index (χ1n) is 7.51. The second kappa shape index (κ2) is 5.94. The fraction of sp³-hybridized carbons (Fsp3) is 0.0526. The largest absolute Gasteiger partial charge is 0.436 e. The zero-order valence-corrected chi connectivity index (χ0v) is 13.8. The Balaban J connectivity index is 1.63. The number of carbonyl (C=O) groups is 1. The number of hydrogen-bond donors (Lipinski definition) is 1. The lowest BCUT2D eigenvalue weighted by atomic mass is 10.1. The molecule has 4 nitrogen and oxygen atoms in total. The molecule has 4 aromatic rings. The van der Waals surface area contributed by atoms with Crippen LogP contribution >= 0.6 is 11.3 Å². The van der Waals surface area contributed by atoms with Gasteiger partial charge in [-0.1, -0.05) is 23.8 Å². The van der Waals surface area contributed by atoms with Crippen molar-refractivity contribution in [3.8, 4) is 11.5 Å². The van der Waals surface area contributed by atoms with Crippen LogP contribution in [0.3, 0.4) is 0 Å². The Kier molecular flexibility index (Phi) is 3.63. The summed E-state index contributed by atoms with van der Waals surface area (Å²) in [5, 5.41) is 4.75. The van der Waals surface area contributed by atoms with Crippen LogP contribution in [0.15, 0.2) is 64.4 Å². The third-order valence-corrected chi connectivity index (χ3v) is 4.56. The van der Waals surface area contributed by atoms with Crippen LogP contribution in [0.1, 0.15) is 15.2 Å². The highest BCUT2D eigenvalue weighted by atomic mass is 32.1. The molecule has 0 atom stereocenters. The first-order valence-corrected chi connectivity index (χ1v) is 8.39. The lowest BCUT2D eigenvalue weighted by Gasteiger charge is -2.02. The first-order chi connectivity index (χ1) is 11.7. The predicted molar refractivity (Wildman–Crippen MR) is 96.5 cm³/mol. The molecule has 2 aromatic carbocycles. The van der Waals surface area contributed by atoms with Gasteiger partial charge in [0.2, 0.25) is 5.89 Å². The number of aryl methyl sites for hydroxylation is 1. The minimum atomic E-state index is -0.123. The number of anilines is 1. The van der Waals surface area contributed by atoms with Crippen LogP contribution in [-0.2, 0) is 0 Å². The molecule has 0 fully saturated rings. The van der Waals surface area contributed by atoms with Gasteiger partial charge in [-0.3, -0.25) is 4.79 Å². The maximum atomic E-state index is 12.1. The van der Waals surface area contributed by atoms with Crippen molar-refractivity contribution in [2.75, 3.05) is 5.32 Å². The summed E-state index contributed by atoms with van der Waals surface area (Å²) in [6.45, 7) is 2.04. The van der Waals surface area contributed by atoms with E-state index < -0.39 is 0 Å². The number of benzene rings is 2. The molecular weight excluding hydrogens is 320 g/mol. The Morgan fingerprint density at radius 2 is 1.96 bits per heavy atom. The third-order valence-electron chi connectivity index (χ3n) is 3.69. The van der Waals surface area contributed by atoms with Gasteiger partial charge in [0.1, 0.15) is 5.52 Å². The molecule has 0 saturated heterocycles. The Bertz CT molecular complexity index is 1000. The first kappa shape index (κ1) is 14.7. The number of rotatable bonds is 3. The van der Waals surface area contributed by atoms with E-state index in [1.807, 2.05) is 54.8 Å². The molecule has 4 rings (SSSR count). The monoisotopic (exact) mass is 334 g/mol. The van der Waals surface area contributed by atoms with Crippen molar-refractivity contribution in [2.24, 2.45) is 0 Å². The summed E-state index contributed by atoms with van der Waals surface area (Å²) in [5.41, 5.74) is 4.22. The summed E-state index contributed by atoms with van der Waals surface area (Å²) in [7, 11) is 0. The number of oxazole rings is 1. The molecule has 24 heavy (non-hydrogen) atoms. The van der Waals surface area contributed by atoms with Gasteiger partial charge in [-0.25, -0.2) is 4.98 Å². The van der Waals surface area contributed by atoms with Crippen LogP contribution < -0.4 is 5.32 Å². The van der Waals surface area contributed by atoms with Crippen LogP contribution in [0.5, 0.6) is 0 Å². The highest BCUT2D eigenvalue weighted by Gasteiger charge is 2.11. The summed E-state index contributed by atoms with van der Waals surface area (Å²) in [6.07, 6.45) is 0. The fourth-order valence-corrected chi connectivity index (χ4v) is 3.04. The Morgan fingerprint density at radius 1 is 1.12 bits per heavy atom. The molecule has 2 aromatic heterocycles. The van der Waals surface area contributed by atoms with E-state index in [4.69, 9.17) is 4.42 Å². The number of nitrogens with zero attached hydrogens (tertiary/aromatic N) is 1. The Morgan fingerprint density at radius 3 is 2.71 bits per heavy atom. The van der Waals surface area contributed by atoms with Crippen molar-refractivity contribution in [1.29, 1.82) is 0 Å². The minimum absolute atomic E-state index is 0.123. The fourth-order valence-electron chi connectivity index (χ4n) is 2.42. The molecule has 1 amide bonds. The molecule has 5 heteroatoms. The van der Waals surface area contributed by atoms with Crippen molar-refractivity contribution >= 4 is 34.0 Å². The number of fused-ring (bicyclic) bond motifs is 1. The molecular formula is C19H14N2O2S. The van der Waals surface area contributed by atoms with Crippen LogP contribution in [-0.4, -0.2) is 10.9 Å². The van der Waals surface area contributed by atoms with E-state index in [1.54, 1.807) is 12.1 Å². The van der Waals surface area contributed by atoms with E-state index in [0.29, 0.717) is 22.0 Å². The zero-order chi connectivity index (χ0) is 16.5. The van der Waals surface area contributed by atoms with E-state index in [-0.39, 0.29) is 5.91 Å². The van der Waals surface area contributed by atoms with Gasteiger partial charge in [0.25, 0.3) is 5.91 Å². The van der Waals surface area contributed by atoms with Gasteiger partial charge < -0.3 is 9.73 Å². The lowest BCUT2D eigenvalue weighted by Crippen LogP contribution is -2.09. The van der Waals surface area contributed by atoms with Crippen molar-refractivity contribution in [1.82, 2.24) is 4.98 Å². The smallest absolute Gasteiger partial charge is 0.265 e. The second-order valence-corrected chi connectivity index (χ2v) is 6.45.